The van der Waals surface area contributed by atoms with Gasteiger partial charge in [-0.2, -0.15) is 0 Å². The Morgan fingerprint density at radius 3 is 2.56 bits per heavy atom. The van der Waals surface area contributed by atoms with Gasteiger partial charge >= 0.3 is 6.03 Å². The topological polar surface area (TPSA) is 60.0 Å². The molecule has 6 heteroatoms. The quantitative estimate of drug-likeness (QED) is 0.914. The average Bonchev–Trinajstić information content (AvgIpc) is 3.27. The van der Waals surface area contributed by atoms with E-state index in [0.717, 1.165) is 37.9 Å². The maximum absolute atomic E-state index is 12.6. The highest BCUT2D eigenvalue weighted by Crippen LogP contribution is 2.31. The lowest BCUT2D eigenvalue weighted by Crippen LogP contribution is -2.53. The first-order chi connectivity index (χ1) is 12.2. The molecule has 1 aromatic carbocycles. The minimum Gasteiger partial charge on any atom is -0.488 e. The van der Waals surface area contributed by atoms with Crippen molar-refractivity contribution in [3.8, 4) is 5.75 Å². The molecule has 1 aliphatic carbocycles. The van der Waals surface area contributed by atoms with E-state index < -0.39 is 5.79 Å². The summed E-state index contributed by atoms with van der Waals surface area (Å²) in [6.07, 6.45) is 4.55. The van der Waals surface area contributed by atoms with Crippen LogP contribution in [0.25, 0.3) is 0 Å². The summed E-state index contributed by atoms with van der Waals surface area (Å²) in [5, 5.41) is 3.18. The summed E-state index contributed by atoms with van der Waals surface area (Å²) in [7, 11) is 0. The van der Waals surface area contributed by atoms with E-state index in [0.29, 0.717) is 26.3 Å². The van der Waals surface area contributed by atoms with Gasteiger partial charge in [-0.1, -0.05) is 18.2 Å². The van der Waals surface area contributed by atoms with Gasteiger partial charge in [0.15, 0.2) is 5.79 Å². The molecule has 1 N–H and O–H groups in total. The molecular weight excluding hydrogens is 320 g/mol. The molecule has 136 valence electrons. The SMILES string of the molecule is O=C(N[C@H]1CCC[C@H]1Oc1ccccc1)N1CCC2(CC1)OCCO2. The Bertz CT molecular complexity index is 578. The van der Waals surface area contributed by atoms with E-state index in [2.05, 4.69) is 5.32 Å². The van der Waals surface area contributed by atoms with Crippen LogP contribution in [0, 0.1) is 0 Å². The molecule has 3 fully saturated rings. The molecule has 2 heterocycles. The van der Waals surface area contributed by atoms with Crippen LogP contribution in [-0.4, -0.2) is 55.2 Å². The van der Waals surface area contributed by atoms with Gasteiger partial charge in [-0.3, -0.25) is 0 Å². The zero-order valence-electron chi connectivity index (χ0n) is 14.5. The fourth-order valence-corrected chi connectivity index (χ4v) is 3.99. The lowest BCUT2D eigenvalue weighted by molar-refractivity contribution is -0.181. The molecule has 2 amide bonds. The maximum atomic E-state index is 12.6. The number of rotatable bonds is 3. The van der Waals surface area contributed by atoms with Crippen LogP contribution in [0.15, 0.2) is 30.3 Å². The molecule has 1 aromatic rings. The number of amides is 2. The second-order valence-electron chi connectivity index (χ2n) is 7.05. The minimum absolute atomic E-state index is 0.00130. The Hall–Kier alpha value is -1.79. The van der Waals surface area contributed by atoms with Gasteiger partial charge in [-0.25, -0.2) is 4.79 Å². The van der Waals surface area contributed by atoms with Gasteiger partial charge in [-0.15, -0.1) is 0 Å². The van der Waals surface area contributed by atoms with Crippen molar-refractivity contribution in [2.24, 2.45) is 0 Å². The van der Waals surface area contributed by atoms with E-state index in [1.165, 1.54) is 0 Å². The van der Waals surface area contributed by atoms with Crippen LogP contribution in [0.1, 0.15) is 32.1 Å². The number of carbonyl (C=O) groups is 1. The number of piperidine rings is 1. The van der Waals surface area contributed by atoms with Crippen LogP contribution in [-0.2, 0) is 9.47 Å². The van der Waals surface area contributed by atoms with Gasteiger partial charge in [0.1, 0.15) is 11.9 Å². The highest BCUT2D eigenvalue weighted by Gasteiger charge is 2.41. The van der Waals surface area contributed by atoms with E-state index in [1.54, 1.807) is 0 Å². The number of likely N-dealkylation sites (tertiary alicyclic amines) is 1. The highest BCUT2D eigenvalue weighted by molar-refractivity contribution is 5.74. The lowest BCUT2D eigenvalue weighted by atomic mass is 10.0. The van der Waals surface area contributed by atoms with Crippen molar-refractivity contribution in [2.75, 3.05) is 26.3 Å². The van der Waals surface area contributed by atoms with Crippen molar-refractivity contribution in [3.05, 3.63) is 30.3 Å². The molecule has 3 aliphatic rings. The molecular formula is C19H26N2O4. The predicted octanol–water partition coefficient (Wildman–Crippen LogP) is 2.54. The Kier molecular flexibility index (Phi) is 4.81. The first kappa shape index (κ1) is 16.7. The van der Waals surface area contributed by atoms with Crippen molar-refractivity contribution >= 4 is 6.03 Å². The van der Waals surface area contributed by atoms with E-state index in [1.807, 2.05) is 35.2 Å². The van der Waals surface area contributed by atoms with Gasteiger partial charge in [0.2, 0.25) is 0 Å². The number of para-hydroxylation sites is 1. The van der Waals surface area contributed by atoms with Crippen LogP contribution in [0.4, 0.5) is 4.79 Å². The molecule has 6 nitrogen and oxygen atoms in total. The second-order valence-corrected chi connectivity index (χ2v) is 7.05. The van der Waals surface area contributed by atoms with Gasteiger partial charge in [0.05, 0.1) is 19.3 Å². The molecule has 2 saturated heterocycles. The average molecular weight is 346 g/mol. The molecule has 2 atom stereocenters. The Morgan fingerprint density at radius 2 is 1.84 bits per heavy atom. The molecule has 2 aliphatic heterocycles. The lowest BCUT2D eigenvalue weighted by Gasteiger charge is -2.38. The third-order valence-electron chi connectivity index (χ3n) is 5.42. The number of urea groups is 1. The summed E-state index contributed by atoms with van der Waals surface area (Å²) in [6, 6.07) is 9.90. The van der Waals surface area contributed by atoms with E-state index in [4.69, 9.17) is 14.2 Å². The summed E-state index contributed by atoms with van der Waals surface area (Å²) in [5.74, 6) is 0.424. The molecule has 1 saturated carbocycles. The maximum Gasteiger partial charge on any atom is 0.317 e. The van der Waals surface area contributed by atoms with Gasteiger partial charge in [-0.05, 0) is 31.4 Å². The van der Waals surface area contributed by atoms with E-state index in [-0.39, 0.29) is 18.2 Å². The molecule has 0 radical (unpaired) electrons. The van der Waals surface area contributed by atoms with Crippen LogP contribution < -0.4 is 10.1 Å². The minimum atomic E-state index is -0.441. The summed E-state index contributed by atoms with van der Waals surface area (Å²) in [5.41, 5.74) is 0. The zero-order chi connectivity index (χ0) is 17.1. The van der Waals surface area contributed by atoms with Crippen LogP contribution in [0.5, 0.6) is 5.75 Å². The third-order valence-corrected chi connectivity index (χ3v) is 5.42. The van der Waals surface area contributed by atoms with Crippen molar-refractivity contribution in [1.29, 1.82) is 0 Å². The Balaban J connectivity index is 1.29. The standard InChI is InChI=1S/C19H26N2O4/c22-18(21-11-9-19(10-12-21)23-13-14-24-19)20-16-7-4-8-17(16)25-15-5-2-1-3-6-15/h1-3,5-6,16-17H,4,7-14H2,(H,20,22)/t16-,17+/m0/s1. The molecule has 0 bridgehead atoms. The summed E-state index contributed by atoms with van der Waals surface area (Å²) in [4.78, 5) is 14.5. The number of hydrogen-bond donors (Lipinski definition) is 1. The van der Waals surface area contributed by atoms with Crippen molar-refractivity contribution in [2.45, 2.75) is 50.0 Å². The fraction of sp³-hybridized carbons (Fsp3) is 0.632. The van der Waals surface area contributed by atoms with E-state index >= 15 is 0 Å². The number of carbonyl (C=O) groups excluding carboxylic acids is 1. The van der Waals surface area contributed by atoms with Gasteiger partial charge in [0, 0.05) is 25.9 Å². The van der Waals surface area contributed by atoms with Gasteiger partial charge in [0.25, 0.3) is 0 Å². The van der Waals surface area contributed by atoms with Crippen molar-refractivity contribution in [3.63, 3.8) is 0 Å². The smallest absolute Gasteiger partial charge is 0.317 e. The Labute approximate surface area is 148 Å². The summed E-state index contributed by atoms with van der Waals surface area (Å²) >= 11 is 0. The largest absolute Gasteiger partial charge is 0.488 e. The first-order valence-electron chi connectivity index (χ1n) is 9.29. The monoisotopic (exact) mass is 346 g/mol. The van der Waals surface area contributed by atoms with Crippen molar-refractivity contribution in [1.82, 2.24) is 10.2 Å². The second kappa shape index (κ2) is 7.22. The first-order valence-corrected chi connectivity index (χ1v) is 9.29. The number of benzene rings is 1. The molecule has 0 unspecified atom stereocenters. The van der Waals surface area contributed by atoms with Crippen LogP contribution in [0.3, 0.4) is 0 Å². The van der Waals surface area contributed by atoms with Crippen molar-refractivity contribution < 1.29 is 19.0 Å². The predicted molar refractivity (Wildman–Crippen MR) is 92.5 cm³/mol. The number of ether oxygens (including phenoxy) is 3. The number of nitrogens with zero attached hydrogens (tertiary/aromatic N) is 1. The molecule has 1 spiro atoms. The van der Waals surface area contributed by atoms with Crippen LogP contribution in [0.2, 0.25) is 0 Å². The van der Waals surface area contributed by atoms with E-state index in [9.17, 15) is 4.79 Å². The number of nitrogens with one attached hydrogen (secondary N) is 1. The van der Waals surface area contributed by atoms with Gasteiger partial charge < -0.3 is 24.4 Å². The molecule has 4 rings (SSSR count). The molecule has 0 aromatic heterocycles. The Morgan fingerprint density at radius 1 is 1.12 bits per heavy atom. The fourth-order valence-electron chi connectivity index (χ4n) is 3.99. The molecule has 25 heavy (non-hydrogen) atoms. The highest BCUT2D eigenvalue weighted by atomic mass is 16.7. The zero-order valence-corrected chi connectivity index (χ0v) is 14.5. The normalized spacial score (nSPS) is 28.2. The summed E-state index contributed by atoms with van der Waals surface area (Å²) < 4.78 is 17.5. The van der Waals surface area contributed by atoms with Crippen LogP contribution >= 0.6 is 0 Å². The summed E-state index contributed by atoms with van der Waals surface area (Å²) in [6.45, 7) is 2.66. The number of hydrogen-bond acceptors (Lipinski definition) is 4. The third kappa shape index (κ3) is 3.75.